The molecule has 6 nitrogen and oxygen atoms in total. The lowest BCUT2D eigenvalue weighted by atomic mass is 10.0. The number of carbonyl (C=O) groups excluding carboxylic acids is 2. The molecule has 0 aliphatic heterocycles. The summed E-state index contributed by atoms with van der Waals surface area (Å²) in [4.78, 5) is 34.8. The molecule has 0 unspecified atom stereocenters. The van der Waals surface area contributed by atoms with E-state index in [0.29, 0.717) is 25.0 Å². The molecule has 1 heterocycles. The number of imidazole rings is 1. The fourth-order valence-electron chi connectivity index (χ4n) is 4.38. The number of ketones is 1. The van der Waals surface area contributed by atoms with Crippen LogP contribution in [0.1, 0.15) is 77.6 Å². The SMILES string of the molecule is CCC(=O)CCCCC[C@H](NC(=O)CCN(CC)CC)c1ncc(-c2ccc3ccccc3c2)[nH]1. The van der Waals surface area contributed by atoms with Crippen molar-refractivity contribution in [3.8, 4) is 11.3 Å². The van der Waals surface area contributed by atoms with Crippen LogP contribution in [0, 0.1) is 0 Å². The fourth-order valence-corrected chi connectivity index (χ4v) is 4.38. The zero-order valence-corrected chi connectivity index (χ0v) is 21.5. The van der Waals surface area contributed by atoms with Crippen molar-refractivity contribution in [2.75, 3.05) is 19.6 Å². The van der Waals surface area contributed by atoms with Gasteiger partial charge in [0.15, 0.2) is 0 Å². The lowest BCUT2D eigenvalue weighted by molar-refractivity contribution is -0.122. The Kier molecular flexibility index (Phi) is 10.5. The molecule has 0 spiro atoms. The standard InChI is InChI=1S/C29H40N4O2/c1-4-25(34)14-8-7-9-15-26(31-28(35)18-19-33(5-2)6-3)29-30-21-27(32-29)24-17-16-22-12-10-11-13-23(22)20-24/h10-13,16-17,20-21,26H,4-9,14-15,18-19H2,1-3H3,(H,30,32)(H,31,35)/t26-/m0/s1. The van der Waals surface area contributed by atoms with E-state index in [2.05, 4.69) is 64.4 Å². The number of nitrogens with zero attached hydrogens (tertiary/aromatic N) is 2. The highest BCUT2D eigenvalue weighted by molar-refractivity contribution is 5.86. The Morgan fingerprint density at radius 3 is 2.49 bits per heavy atom. The molecule has 0 fully saturated rings. The second kappa shape index (κ2) is 13.8. The van der Waals surface area contributed by atoms with E-state index in [0.717, 1.165) is 62.4 Å². The average Bonchev–Trinajstić information content (AvgIpc) is 3.38. The Bertz CT molecular complexity index is 1090. The van der Waals surface area contributed by atoms with Crippen molar-refractivity contribution in [2.45, 2.75) is 71.8 Å². The van der Waals surface area contributed by atoms with Gasteiger partial charge in [0.25, 0.3) is 0 Å². The van der Waals surface area contributed by atoms with Crippen molar-refractivity contribution in [3.05, 3.63) is 54.5 Å². The molecule has 35 heavy (non-hydrogen) atoms. The van der Waals surface area contributed by atoms with Gasteiger partial charge < -0.3 is 15.2 Å². The molecule has 1 amide bonds. The molecule has 3 rings (SSSR count). The smallest absolute Gasteiger partial charge is 0.221 e. The van der Waals surface area contributed by atoms with Gasteiger partial charge in [-0.15, -0.1) is 0 Å². The monoisotopic (exact) mass is 476 g/mol. The summed E-state index contributed by atoms with van der Waals surface area (Å²) in [6, 6.07) is 14.5. The van der Waals surface area contributed by atoms with E-state index in [1.165, 1.54) is 10.8 Å². The number of H-pyrrole nitrogens is 1. The zero-order chi connectivity index (χ0) is 25.0. The third-order valence-electron chi connectivity index (χ3n) is 6.71. The quantitative estimate of drug-likeness (QED) is 0.262. The van der Waals surface area contributed by atoms with E-state index in [4.69, 9.17) is 0 Å². The molecule has 1 atom stereocenters. The minimum absolute atomic E-state index is 0.0479. The Labute approximate surface area is 209 Å². The summed E-state index contributed by atoms with van der Waals surface area (Å²) >= 11 is 0. The summed E-state index contributed by atoms with van der Waals surface area (Å²) in [6.45, 7) is 8.78. The van der Waals surface area contributed by atoms with E-state index in [1.54, 1.807) is 0 Å². The first kappa shape index (κ1) is 26.6. The van der Waals surface area contributed by atoms with Crippen LogP contribution in [0.3, 0.4) is 0 Å². The minimum Gasteiger partial charge on any atom is -0.346 e. The van der Waals surface area contributed by atoms with E-state index < -0.39 is 0 Å². The van der Waals surface area contributed by atoms with Crippen LogP contribution in [-0.2, 0) is 9.59 Å². The molecule has 2 N–H and O–H groups in total. The van der Waals surface area contributed by atoms with Crippen LogP contribution < -0.4 is 5.32 Å². The molecule has 6 heteroatoms. The topological polar surface area (TPSA) is 78.1 Å². The van der Waals surface area contributed by atoms with Gasteiger partial charge in [0.2, 0.25) is 5.91 Å². The third-order valence-corrected chi connectivity index (χ3v) is 6.71. The number of aromatic nitrogens is 2. The summed E-state index contributed by atoms with van der Waals surface area (Å²) in [7, 11) is 0. The molecular formula is C29H40N4O2. The molecule has 1 aromatic heterocycles. The molecule has 188 valence electrons. The molecule has 0 aliphatic carbocycles. The molecule has 0 saturated heterocycles. The molecule has 0 aliphatic rings. The van der Waals surface area contributed by atoms with Gasteiger partial charge >= 0.3 is 0 Å². The average molecular weight is 477 g/mol. The fraction of sp³-hybridized carbons (Fsp3) is 0.483. The van der Waals surface area contributed by atoms with Crippen LogP contribution >= 0.6 is 0 Å². The second-order valence-corrected chi connectivity index (χ2v) is 9.13. The lowest BCUT2D eigenvalue weighted by Crippen LogP contribution is -2.33. The molecular weight excluding hydrogens is 436 g/mol. The van der Waals surface area contributed by atoms with E-state index >= 15 is 0 Å². The Hall–Kier alpha value is -2.99. The van der Waals surface area contributed by atoms with Crippen molar-refractivity contribution >= 4 is 22.5 Å². The summed E-state index contributed by atoms with van der Waals surface area (Å²) in [6.07, 6.45) is 7.17. The second-order valence-electron chi connectivity index (χ2n) is 9.13. The van der Waals surface area contributed by atoms with Crippen LogP contribution in [0.4, 0.5) is 0 Å². The third kappa shape index (κ3) is 8.03. The van der Waals surface area contributed by atoms with Crippen LogP contribution in [0.25, 0.3) is 22.0 Å². The van der Waals surface area contributed by atoms with Crippen LogP contribution in [-0.4, -0.2) is 46.2 Å². The van der Waals surface area contributed by atoms with Crippen molar-refractivity contribution in [1.29, 1.82) is 0 Å². The van der Waals surface area contributed by atoms with Crippen molar-refractivity contribution in [3.63, 3.8) is 0 Å². The number of rotatable bonds is 15. The van der Waals surface area contributed by atoms with Gasteiger partial charge in [-0.1, -0.05) is 70.0 Å². The van der Waals surface area contributed by atoms with E-state index in [9.17, 15) is 9.59 Å². The number of carbonyl (C=O) groups is 2. The van der Waals surface area contributed by atoms with Gasteiger partial charge in [0.1, 0.15) is 11.6 Å². The van der Waals surface area contributed by atoms with Gasteiger partial charge in [0.05, 0.1) is 17.9 Å². The highest BCUT2D eigenvalue weighted by atomic mass is 16.1. The zero-order valence-electron chi connectivity index (χ0n) is 21.5. The normalized spacial score (nSPS) is 12.2. The number of fused-ring (bicyclic) bond motifs is 1. The van der Waals surface area contributed by atoms with Gasteiger partial charge in [-0.3, -0.25) is 9.59 Å². The molecule has 3 aromatic rings. The number of nitrogens with one attached hydrogen (secondary N) is 2. The largest absolute Gasteiger partial charge is 0.346 e. The van der Waals surface area contributed by atoms with Crippen molar-refractivity contribution in [2.24, 2.45) is 0 Å². The first-order chi connectivity index (χ1) is 17.0. The van der Waals surface area contributed by atoms with Crippen LogP contribution in [0.15, 0.2) is 48.7 Å². The highest BCUT2D eigenvalue weighted by Gasteiger charge is 2.19. The first-order valence-electron chi connectivity index (χ1n) is 13.1. The number of Topliss-reactive ketones (excluding diaryl/α,β-unsaturated/α-hetero) is 1. The summed E-state index contributed by atoms with van der Waals surface area (Å²) in [5, 5.41) is 5.60. The Morgan fingerprint density at radius 2 is 1.74 bits per heavy atom. The van der Waals surface area contributed by atoms with Crippen molar-refractivity contribution < 1.29 is 9.59 Å². The van der Waals surface area contributed by atoms with Crippen LogP contribution in [0.5, 0.6) is 0 Å². The predicted octanol–water partition coefficient (Wildman–Crippen LogP) is 6.05. The Balaban J connectivity index is 1.68. The number of benzene rings is 2. The lowest BCUT2D eigenvalue weighted by Gasteiger charge is -2.20. The summed E-state index contributed by atoms with van der Waals surface area (Å²) < 4.78 is 0. The van der Waals surface area contributed by atoms with Crippen molar-refractivity contribution in [1.82, 2.24) is 20.2 Å². The minimum atomic E-state index is -0.171. The number of hydrogen-bond acceptors (Lipinski definition) is 4. The maximum atomic E-state index is 12.8. The number of aromatic amines is 1. The summed E-state index contributed by atoms with van der Waals surface area (Å²) in [5.74, 6) is 1.15. The van der Waals surface area contributed by atoms with E-state index in [-0.39, 0.29) is 11.9 Å². The van der Waals surface area contributed by atoms with E-state index in [1.807, 2.05) is 25.3 Å². The van der Waals surface area contributed by atoms with Gasteiger partial charge in [-0.2, -0.15) is 0 Å². The van der Waals surface area contributed by atoms with Gasteiger partial charge in [-0.25, -0.2) is 4.98 Å². The molecule has 0 saturated carbocycles. The first-order valence-corrected chi connectivity index (χ1v) is 13.1. The summed E-state index contributed by atoms with van der Waals surface area (Å²) in [5.41, 5.74) is 2.02. The van der Waals surface area contributed by atoms with Gasteiger partial charge in [0, 0.05) is 31.4 Å². The van der Waals surface area contributed by atoms with Crippen LogP contribution in [0.2, 0.25) is 0 Å². The number of unbranched alkanes of at least 4 members (excludes halogenated alkanes) is 2. The highest BCUT2D eigenvalue weighted by Crippen LogP contribution is 2.26. The molecule has 2 aromatic carbocycles. The Morgan fingerprint density at radius 1 is 0.971 bits per heavy atom. The molecule has 0 radical (unpaired) electrons. The maximum Gasteiger partial charge on any atom is 0.221 e. The predicted molar refractivity (Wildman–Crippen MR) is 143 cm³/mol. The number of amides is 1. The molecule has 0 bridgehead atoms. The number of hydrogen-bond donors (Lipinski definition) is 2. The maximum absolute atomic E-state index is 12.8. The van der Waals surface area contributed by atoms with Gasteiger partial charge in [-0.05, 0) is 42.8 Å².